The Hall–Kier alpha value is -2.06. The van der Waals surface area contributed by atoms with Crippen LogP contribution in [0.2, 0.25) is 0 Å². The van der Waals surface area contributed by atoms with Crippen molar-refractivity contribution in [3.05, 3.63) is 36.5 Å². The predicted molar refractivity (Wildman–Crippen MR) is 112 cm³/mol. The molecule has 142 valence electrons. The summed E-state index contributed by atoms with van der Waals surface area (Å²) in [6.45, 7) is 7.30. The van der Waals surface area contributed by atoms with Gasteiger partial charge in [-0.25, -0.2) is 14.6 Å². The third kappa shape index (κ3) is 4.11. The van der Waals surface area contributed by atoms with Gasteiger partial charge < -0.3 is 4.90 Å². The molecule has 2 heterocycles. The average Bonchev–Trinajstić information content (AvgIpc) is 3.12. The monoisotopic (exact) mass is 401 g/mol. The van der Waals surface area contributed by atoms with Crippen LogP contribution in [0.25, 0.3) is 16.7 Å². The minimum atomic E-state index is -0.245. The number of carbonyl (C=O) groups excluding carboxylic acids is 1. The lowest BCUT2D eigenvalue weighted by Crippen LogP contribution is -2.36. The summed E-state index contributed by atoms with van der Waals surface area (Å²) in [5.41, 5.74) is 1.70. The number of amides is 1. The Morgan fingerprint density at radius 3 is 2.52 bits per heavy atom. The van der Waals surface area contributed by atoms with Gasteiger partial charge in [0.05, 0.1) is 22.5 Å². The number of hydrogen-bond donors (Lipinski definition) is 0. The van der Waals surface area contributed by atoms with E-state index in [2.05, 4.69) is 10.1 Å². The number of thioether (sulfide) groups is 2. The van der Waals surface area contributed by atoms with E-state index in [1.54, 1.807) is 18.0 Å². The summed E-state index contributed by atoms with van der Waals surface area (Å²) >= 11 is 2.95. The lowest BCUT2D eigenvalue weighted by atomic mass is 10.3. The molecule has 3 aromatic rings. The summed E-state index contributed by atoms with van der Waals surface area (Å²) in [4.78, 5) is 23.8. The molecular weight excluding hydrogens is 378 g/mol. The maximum Gasteiger partial charge on any atom is 0.235 e. The van der Waals surface area contributed by atoms with Gasteiger partial charge in [0.15, 0.2) is 10.8 Å². The van der Waals surface area contributed by atoms with Gasteiger partial charge in [0, 0.05) is 13.1 Å². The van der Waals surface area contributed by atoms with Crippen LogP contribution in [-0.4, -0.2) is 55.2 Å². The van der Waals surface area contributed by atoms with E-state index >= 15 is 0 Å². The zero-order valence-corrected chi connectivity index (χ0v) is 17.5. The standard InChI is InChI=1S/C19H23N5OS2/c1-5-23(6-2)18(25)13(3)27-19-21-16-15(17(22-19)26-4)12-20-24(16)14-10-8-7-9-11-14/h7-13H,5-6H2,1-4H3. The van der Waals surface area contributed by atoms with Crippen molar-refractivity contribution in [3.63, 3.8) is 0 Å². The van der Waals surface area contributed by atoms with Crippen molar-refractivity contribution in [2.45, 2.75) is 36.2 Å². The lowest BCUT2D eigenvalue weighted by molar-refractivity contribution is -0.129. The first-order valence-corrected chi connectivity index (χ1v) is 11.0. The van der Waals surface area contributed by atoms with Gasteiger partial charge in [-0.2, -0.15) is 5.10 Å². The Bertz CT molecular complexity index is 924. The largest absolute Gasteiger partial charge is 0.342 e. The fraction of sp³-hybridized carbons (Fsp3) is 0.368. The van der Waals surface area contributed by atoms with E-state index in [0.29, 0.717) is 18.2 Å². The number of hydrogen-bond acceptors (Lipinski definition) is 6. The second kappa shape index (κ2) is 8.75. The van der Waals surface area contributed by atoms with Crippen LogP contribution in [0.15, 0.2) is 46.7 Å². The van der Waals surface area contributed by atoms with Crippen molar-refractivity contribution in [1.82, 2.24) is 24.6 Å². The number of para-hydroxylation sites is 1. The number of benzene rings is 1. The molecule has 1 unspecified atom stereocenters. The van der Waals surface area contributed by atoms with Crippen LogP contribution in [0.5, 0.6) is 0 Å². The van der Waals surface area contributed by atoms with Gasteiger partial charge in [0.2, 0.25) is 5.91 Å². The average molecular weight is 402 g/mol. The van der Waals surface area contributed by atoms with Crippen LogP contribution in [0.1, 0.15) is 20.8 Å². The van der Waals surface area contributed by atoms with Gasteiger partial charge >= 0.3 is 0 Å². The predicted octanol–water partition coefficient (Wildman–Crippen LogP) is 3.89. The molecule has 0 aliphatic rings. The maximum atomic E-state index is 12.6. The normalized spacial score (nSPS) is 12.3. The zero-order valence-electron chi connectivity index (χ0n) is 15.9. The van der Waals surface area contributed by atoms with E-state index in [1.165, 1.54) is 11.8 Å². The van der Waals surface area contributed by atoms with E-state index in [-0.39, 0.29) is 11.2 Å². The zero-order chi connectivity index (χ0) is 19.4. The lowest BCUT2D eigenvalue weighted by Gasteiger charge is -2.22. The Balaban J connectivity index is 1.98. The topological polar surface area (TPSA) is 63.9 Å². The van der Waals surface area contributed by atoms with E-state index in [4.69, 9.17) is 4.98 Å². The minimum Gasteiger partial charge on any atom is -0.342 e. The van der Waals surface area contributed by atoms with Gasteiger partial charge in [-0.1, -0.05) is 30.0 Å². The van der Waals surface area contributed by atoms with E-state index < -0.39 is 0 Å². The minimum absolute atomic E-state index is 0.107. The number of carbonyl (C=O) groups is 1. The van der Waals surface area contributed by atoms with E-state index in [9.17, 15) is 4.79 Å². The molecule has 0 saturated heterocycles. The number of nitrogens with zero attached hydrogens (tertiary/aromatic N) is 5. The van der Waals surface area contributed by atoms with Crippen molar-refractivity contribution in [2.75, 3.05) is 19.3 Å². The summed E-state index contributed by atoms with van der Waals surface area (Å²) in [7, 11) is 0. The van der Waals surface area contributed by atoms with Crippen LogP contribution in [0.3, 0.4) is 0 Å². The molecule has 0 aliphatic carbocycles. The molecule has 0 aliphatic heterocycles. The molecule has 0 spiro atoms. The Labute approximate surface area is 167 Å². The fourth-order valence-electron chi connectivity index (χ4n) is 2.83. The van der Waals surface area contributed by atoms with Crippen LogP contribution >= 0.6 is 23.5 Å². The highest BCUT2D eigenvalue weighted by molar-refractivity contribution is 8.00. The summed E-state index contributed by atoms with van der Waals surface area (Å²) in [6, 6.07) is 9.90. The van der Waals surface area contributed by atoms with Crippen LogP contribution in [0, 0.1) is 0 Å². The van der Waals surface area contributed by atoms with Gasteiger partial charge in [-0.05, 0) is 39.2 Å². The molecule has 1 aromatic carbocycles. The Morgan fingerprint density at radius 1 is 1.19 bits per heavy atom. The van der Waals surface area contributed by atoms with E-state index in [0.717, 1.165) is 21.7 Å². The van der Waals surface area contributed by atoms with Crippen molar-refractivity contribution >= 4 is 40.5 Å². The van der Waals surface area contributed by atoms with Crippen molar-refractivity contribution in [2.24, 2.45) is 0 Å². The first kappa shape index (κ1) is 19.7. The van der Waals surface area contributed by atoms with Crippen molar-refractivity contribution in [1.29, 1.82) is 0 Å². The summed E-state index contributed by atoms with van der Waals surface area (Å²) < 4.78 is 1.82. The highest BCUT2D eigenvalue weighted by Crippen LogP contribution is 2.29. The van der Waals surface area contributed by atoms with Crippen molar-refractivity contribution < 1.29 is 4.79 Å². The second-order valence-electron chi connectivity index (χ2n) is 5.92. The number of rotatable bonds is 7. The second-order valence-corrected chi connectivity index (χ2v) is 8.02. The highest BCUT2D eigenvalue weighted by atomic mass is 32.2. The molecule has 0 fully saturated rings. The molecule has 0 N–H and O–H groups in total. The molecule has 27 heavy (non-hydrogen) atoms. The van der Waals surface area contributed by atoms with E-state index in [1.807, 2.05) is 66.9 Å². The summed E-state index contributed by atoms with van der Waals surface area (Å²) in [5.74, 6) is 0.107. The molecule has 8 heteroatoms. The molecule has 0 radical (unpaired) electrons. The first-order valence-electron chi connectivity index (χ1n) is 8.89. The quantitative estimate of drug-likeness (QED) is 0.340. The van der Waals surface area contributed by atoms with Crippen molar-refractivity contribution in [3.8, 4) is 5.69 Å². The first-order chi connectivity index (χ1) is 13.1. The van der Waals surface area contributed by atoms with Gasteiger partial charge in [0.1, 0.15) is 5.03 Å². The smallest absolute Gasteiger partial charge is 0.235 e. The summed E-state index contributed by atoms with van der Waals surface area (Å²) in [5, 5.41) is 6.63. The maximum absolute atomic E-state index is 12.6. The number of aromatic nitrogens is 4. The van der Waals surface area contributed by atoms with Crippen LogP contribution < -0.4 is 0 Å². The molecule has 0 bridgehead atoms. The number of fused-ring (bicyclic) bond motifs is 1. The highest BCUT2D eigenvalue weighted by Gasteiger charge is 2.22. The molecule has 1 amide bonds. The van der Waals surface area contributed by atoms with Gasteiger partial charge in [-0.3, -0.25) is 4.79 Å². The third-order valence-electron chi connectivity index (χ3n) is 4.27. The van der Waals surface area contributed by atoms with Gasteiger partial charge in [0.25, 0.3) is 0 Å². The Kier molecular flexibility index (Phi) is 6.38. The summed E-state index contributed by atoms with van der Waals surface area (Å²) in [6.07, 6.45) is 3.79. The molecular formula is C19H23N5OS2. The van der Waals surface area contributed by atoms with Crippen LogP contribution in [0.4, 0.5) is 0 Å². The molecule has 0 saturated carbocycles. The third-order valence-corrected chi connectivity index (χ3v) is 5.92. The van der Waals surface area contributed by atoms with Gasteiger partial charge in [-0.15, -0.1) is 11.8 Å². The van der Waals surface area contributed by atoms with Crippen LogP contribution in [-0.2, 0) is 4.79 Å². The molecule has 1 atom stereocenters. The molecule has 6 nitrogen and oxygen atoms in total. The fourth-order valence-corrected chi connectivity index (χ4v) is 4.28. The molecule has 2 aromatic heterocycles. The Morgan fingerprint density at radius 2 is 1.89 bits per heavy atom. The SMILES string of the molecule is CCN(CC)C(=O)C(C)Sc1nc(SC)c2cnn(-c3ccccc3)c2n1. The molecule has 3 rings (SSSR count).